The van der Waals surface area contributed by atoms with Gasteiger partial charge >= 0.3 is 5.97 Å². The molecule has 16 heavy (non-hydrogen) atoms. The maximum Gasteiger partial charge on any atom is 0.304 e. The highest BCUT2D eigenvalue weighted by atomic mass is 35.5. The molecule has 0 fully saturated rings. The number of aliphatic carboxylic acids is 1. The highest BCUT2D eigenvalue weighted by Crippen LogP contribution is 2.33. The Kier molecular flexibility index (Phi) is 3.75. The lowest BCUT2D eigenvalue weighted by Crippen LogP contribution is -2.22. The zero-order valence-electron chi connectivity index (χ0n) is 9.45. The summed E-state index contributed by atoms with van der Waals surface area (Å²) in [4.78, 5) is 14.8. The third-order valence-corrected chi connectivity index (χ3v) is 2.55. The van der Waals surface area contributed by atoms with E-state index in [0.717, 1.165) is 5.56 Å². The predicted octanol–water partition coefficient (Wildman–Crippen LogP) is 2.50. The molecule has 1 heterocycles. The fraction of sp³-hybridized carbons (Fsp3) is 0.455. The number of nitrogens with zero attached hydrogens (tertiary/aromatic N) is 1. The molecule has 0 bridgehead atoms. The van der Waals surface area contributed by atoms with E-state index in [2.05, 4.69) is 4.98 Å². The van der Waals surface area contributed by atoms with Crippen LogP contribution < -0.4 is 4.74 Å². The Morgan fingerprint density at radius 3 is 2.69 bits per heavy atom. The van der Waals surface area contributed by atoms with Crippen molar-refractivity contribution in [3.8, 4) is 5.88 Å². The Morgan fingerprint density at radius 2 is 2.19 bits per heavy atom. The smallest absolute Gasteiger partial charge is 0.304 e. The third kappa shape index (κ3) is 2.85. The molecule has 0 spiro atoms. The van der Waals surface area contributed by atoms with Crippen molar-refractivity contribution in [3.05, 3.63) is 22.8 Å². The molecule has 4 nitrogen and oxygen atoms in total. The van der Waals surface area contributed by atoms with E-state index in [-0.39, 0.29) is 6.42 Å². The second-order valence-electron chi connectivity index (χ2n) is 4.15. The molecule has 0 aliphatic carbocycles. The number of rotatable bonds is 4. The number of aromatic nitrogens is 1. The number of hydrogen-bond donors (Lipinski definition) is 1. The van der Waals surface area contributed by atoms with Crippen molar-refractivity contribution in [1.29, 1.82) is 0 Å². The van der Waals surface area contributed by atoms with E-state index < -0.39 is 11.4 Å². The highest BCUT2D eigenvalue weighted by Gasteiger charge is 2.28. The van der Waals surface area contributed by atoms with Crippen molar-refractivity contribution in [2.75, 3.05) is 7.11 Å². The predicted molar refractivity (Wildman–Crippen MR) is 61.1 cm³/mol. The quantitative estimate of drug-likeness (QED) is 0.826. The van der Waals surface area contributed by atoms with Crippen molar-refractivity contribution in [1.82, 2.24) is 4.98 Å². The molecular formula is C11H14ClNO3. The van der Waals surface area contributed by atoms with Gasteiger partial charge in [-0.05, 0) is 6.07 Å². The Morgan fingerprint density at radius 1 is 1.56 bits per heavy atom. The number of carboxylic acid groups (broad SMARTS) is 1. The first-order valence-corrected chi connectivity index (χ1v) is 5.17. The van der Waals surface area contributed by atoms with Gasteiger partial charge in [0.2, 0.25) is 5.88 Å². The molecule has 88 valence electrons. The molecule has 0 aliphatic heterocycles. The second-order valence-corrected chi connectivity index (χ2v) is 4.53. The minimum Gasteiger partial charge on any atom is -0.481 e. The summed E-state index contributed by atoms with van der Waals surface area (Å²) < 4.78 is 5.11. The second kappa shape index (κ2) is 4.70. The van der Waals surface area contributed by atoms with Crippen molar-refractivity contribution in [2.45, 2.75) is 25.7 Å². The van der Waals surface area contributed by atoms with Crippen molar-refractivity contribution in [3.63, 3.8) is 0 Å². The Bertz CT molecular complexity index is 404. The van der Waals surface area contributed by atoms with Gasteiger partial charge in [0, 0.05) is 11.0 Å². The molecule has 1 aromatic heterocycles. The molecule has 0 amide bonds. The lowest BCUT2D eigenvalue weighted by molar-refractivity contribution is -0.138. The van der Waals surface area contributed by atoms with Crippen LogP contribution >= 0.6 is 11.6 Å². The Hall–Kier alpha value is -1.29. The van der Waals surface area contributed by atoms with Crippen LogP contribution in [0.2, 0.25) is 5.15 Å². The minimum absolute atomic E-state index is 0.00662. The van der Waals surface area contributed by atoms with E-state index in [1.165, 1.54) is 7.11 Å². The lowest BCUT2D eigenvalue weighted by atomic mass is 9.82. The molecule has 0 aliphatic rings. The molecule has 1 rings (SSSR count). The first-order chi connectivity index (χ1) is 7.36. The first-order valence-electron chi connectivity index (χ1n) is 4.79. The van der Waals surface area contributed by atoms with Gasteiger partial charge in [-0.1, -0.05) is 31.5 Å². The van der Waals surface area contributed by atoms with Crippen LogP contribution in [0.25, 0.3) is 0 Å². The van der Waals surface area contributed by atoms with Gasteiger partial charge < -0.3 is 9.84 Å². The monoisotopic (exact) mass is 243 g/mol. The summed E-state index contributed by atoms with van der Waals surface area (Å²) in [6.07, 6.45) is 0.00662. The highest BCUT2D eigenvalue weighted by molar-refractivity contribution is 6.29. The summed E-state index contributed by atoms with van der Waals surface area (Å²) in [6.45, 7) is 3.66. The number of carbonyl (C=O) groups is 1. The van der Waals surface area contributed by atoms with Crippen LogP contribution in [-0.2, 0) is 10.2 Å². The normalized spacial score (nSPS) is 11.2. The van der Waals surface area contributed by atoms with E-state index in [9.17, 15) is 4.79 Å². The molecule has 0 aromatic carbocycles. The van der Waals surface area contributed by atoms with Gasteiger partial charge in [-0.25, -0.2) is 4.98 Å². The van der Waals surface area contributed by atoms with Gasteiger partial charge in [-0.15, -0.1) is 0 Å². The largest absolute Gasteiger partial charge is 0.481 e. The minimum atomic E-state index is -0.859. The van der Waals surface area contributed by atoms with Gasteiger partial charge in [-0.3, -0.25) is 4.79 Å². The maximum atomic E-state index is 10.8. The molecule has 0 radical (unpaired) electrons. The van der Waals surface area contributed by atoms with E-state index in [1.807, 2.05) is 13.8 Å². The molecule has 1 N–H and O–H groups in total. The lowest BCUT2D eigenvalue weighted by Gasteiger charge is -2.24. The van der Waals surface area contributed by atoms with Crippen LogP contribution in [0.1, 0.15) is 25.8 Å². The number of methoxy groups -OCH3 is 1. The Labute approximate surface area is 99.2 Å². The van der Waals surface area contributed by atoms with Crippen LogP contribution in [0.15, 0.2) is 12.1 Å². The summed E-state index contributed by atoms with van der Waals surface area (Å²) >= 11 is 5.74. The van der Waals surface area contributed by atoms with E-state index in [4.69, 9.17) is 21.4 Å². The first kappa shape index (κ1) is 12.8. The fourth-order valence-corrected chi connectivity index (χ4v) is 1.70. The van der Waals surface area contributed by atoms with Crippen molar-refractivity contribution >= 4 is 17.6 Å². The standard InChI is InChI=1S/C11H14ClNO3/c1-11(2,6-9(14)15)7-4-5-8(12)13-10(7)16-3/h4-5H,6H2,1-3H3,(H,14,15). The van der Waals surface area contributed by atoms with Crippen LogP contribution in [-0.4, -0.2) is 23.2 Å². The van der Waals surface area contributed by atoms with Gasteiger partial charge in [0.05, 0.1) is 13.5 Å². The van der Waals surface area contributed by atoms with Crippen molar-refractivity contribution < 1.29 is 14.6 Å². The van der Waals surface area contributed by atoms with Crippen LogP contribution in [0.5, 0.6) is 5.88 Å². The van der Waals surface area contributed by atoms with Gasteiger partial charge in [-0.2, -0.15) is 0 Å². The van der Waals surface area contributed by atoms with Crippen LogP contribution in [0.4, 0.5) is 0 Å². The van der Waals surface area contributed by atoms with Crippen LogP contribution in [0.3, 0.4) is 0 Å². The Balaban J connectivity index is 3.15. The average molecular weight is 244 g/mol. The summed E-state index contributed by atoms with van der Waals surface area (Å²) in [5.41, 5.74) is 0.191. The molecule has 0 saturated heterocycles. The molecule has 0 atom stereocenters. The molecular weight excluding hydrogens is 230 g/mol. The van der Waals surface area contributed by atoms with Crippen LogP contribution in [0, 0.1) is 0 Å². The SMILES string of the molecule is COc1nc(Cl)ccc1C(C)(C)CC(=O)O. The number of ether oxygens (including phenoxy) is 1. The number of pyridine rings is 1. The van der Waals surface area contributed by atoms with Gasteiger partial charge in [0.15, 0.2) is 0 Å². The summed E-state index contributed by atoms with van der Waals surface area (Å²) in [7, 11) is 1.49. The van der Waals surface area contributed by atoms with E-state index in [1.54, 1.807) is 12.1 Å². The molecule has 5 heteroatoms. The van der Waals surface area contributed by atoms with Gasteiger partial charge in [0.1, 0.15) is 5.15 Å². The molecule has 0 saturated carbocycles. The van der Waals surface area contributed by atoms with E-state index in [0.29, 0.717) is 11.0 Å². The van der Waals surface area contributed by atoms with Gasteiger partial charge in [0.25, 0.3) is 0 Å². The third-order valence-electron chi connectivity index (χ3n) is 2.34. The molecule has 1 aromatic rings. The fourth-order valence-electron chi connectivity index (χ4n) is 1.56. The zero-order chi connectivity index (χ0) is 12.3. The van der Waals surface area contributed by atoms with Crippen molar-refractivity contribution in [2.24, 2.45) is 0 Å². The number of hydrogen-bond acceptors (Lipinski definition) is 3. The number of halogens is 1. The summed E-state index contributed by atoms with van der Waals surface area (Å²) in [5.74, 6) is -0.485. The molecule has 0 unspecified atom stereocenters. The number of carboxylic acids is 1. The topological polar surface area (TPSA) is 59.4 Å². The average Bonchev–Trinajstić information content (AvgIpc) is 2.15. The zero-order valence-corrected chi connectivity index (χ0v) is 10.2. The summed E-state index contributed by atoms with van der Waals surface area (Å²) in [6, 6.07) is 3.38. The summed E-state index contributed by atoms with van der Waals surface area (Å²) in [5, 5.41) is 9.17. The maximum absolute atomic E-state index is 10.8. The van der Waals surface area contributed by atoms with E-state index >= 15 is 0 Å².